The Bertz CT molecular complexity index is 926. The minimum atomic E-state index is 0.180. The van der Waals surface area contributed by atoms with Gasteiger partial charge in [-0.25, -0.2) is 0 Å². The van der Waals surface area contributed by atoms with Crippen LogP contribution in [0.25, 0.3) is 0 Å². The first-order valence-electron chi connectivity index (χ1n) is 10.5. The van der Waals surface area contributed by atoms with E-state index in [9.17, 15) is 4.79 Å². The molecule has 0 unspecified atom stereocenters. The second-order valence-electron chi connectivity index (χ2n) is 7.52. The van der Waals surface area contributed by atoms with Crippen LogP contribution in [0.2, 0.25) is 0 Å². The number of amides is 1. The van der Waals surface area contributed by atoms with E-state index < -0.39 is 0 Å². The molecule has 8 heteroatoms. The maximum absolute atomic E-state index is 12.7. The second kappa shape index (κ2) is 11.0. The van der Waals surface area contributed by atoms with Crippen molar-refractivity contribution in [1.29, 1.82) is 0 Å². The van der Waals surface area contributed by atoms with E-state index in [0.717, 1.165) is 43.2 Å². The number of carbonyl (C=O) groups is 1. The molecule has 0 radical (unpaired) electrons. The van der Waals surface area contributed by atoms with Gasteiger partial charge >= 0.3 is 0 Å². The van der Waals surface area contributed by atoms with Crippen molar-refractivity contribution in [1.82, 2.24) is 15.5 Å². The monoisotopic (exact) mass is 444 g/mol. The summed E-state index contributed by atoms with van der Waals surface area (Å²) in [4.78, 5) is 20.2. The van der Waals surface area contributed by atoms with E-state index >= 15 is 0 Å². The van der Waals surface area contributed by atoms with Gasteiger partial charge in [-0.1, -0.05) is 0 Å². The summed E-state index contributed by atoms with van der Waals surface area (Å²) >= 11 is 1.74. The molecule has 1 aliphatic heterocycles. The number of nitrogens with zero attached hydrogens (tertiary/aromatic N) is 2. The summed E-state index contributed by atoms with van der Waals surface area (Å²) in [7, 11) is 5.04. The highest BCUT2D eigenvalue weighted by Crippen LogP contribution is 2.33. The third-order valence-electron chi connectivity index (χ3n) is 5.54. The lowest BCUT2D eigenvalue weighted by molar-refractivity contribution is -0.132. The Morgan fingerprint density at radius 1 is 1.19 bits per heavy atom. The van der Waals surface area contributed by atoms with Gasteiger partial charge in [-0.05, 0) is 60.0 Å². The first kappa shape index (κ1) is 22.9. The first-order chi connectivity index (χ1) is 15.0. The molecule has 0 saturated carbocycles. The van der Waals surface area contributed by atoms with Crippen molar-refractivity contribution in [2.45, 2.75) is 39.3 Å². The fourth-order valence-electron chi connectivity index (χ4n) is 3.67. The summed E-state index contributed by atoms with van der Waals surface area (Å²) < 4.78 is 10.8. The van der Waals surface area contributed by atoms with Gasteiger partial charge in [0.15, 0.2) is 17.5 Å². The fraction of sp³-hybridized carbons (Fsp3) is 0.478. The van der Waals surface area contributed by atoms with Gasteiger partial charge in [-0.3, -0.25) is 9.79 Å². The number of hydrogen-bond acceptors (Lipinski definition) is 5. The van der Waals surface area contributed by atoms with Crippen LogP contribution in [-0.2, 0) is 24.3 Å². The van der Waals surface area contributed by atoms with E-state index in [0.29, 0.717) is 25.3 Å². The number of nitrogens with one attached hydrogen (secondary N) is 2. The number of rotatable bonds is 8. The van der Waals surface area contributed by atoms with Crippen molar-refractivity contribution in [2.75, 3.05) is 34.4 Å². The standard InChI is InChI=1S/C23H32N4O3S/c1-16-8-11-31-21(16)14-26-23(24-2)25-9-5-6-22(28)27-10-7-17-12-19(29-3)20(30-4)13-18(17)15-27/h8,11-13H,5-7,9-10,14-15H2,1-4H3,(H2,24,25,26). The molecule has 1 aliphatic rings. The largest absolute Gasteiger partial charge is 0.493 e. The lowest BCUT2D eigenvalue weighted by atomic mass is 9.98. The Morgan fingerprint density at radius 3 is 2.58 bits per heavy atom. The summed E-state index contributed by atoms with van der Waals surface area (Å²) in [6.07, 6.45) is 2.10. The molecule has 31 heavy (non-hydrogen) atoms. The van der Waals surface area contributed by atoms with Gasteiger partial charge in [0.25, 0.3) is 0 Å². The lowest BCUT2D eigenvalue weighted by Crippen LogP contribution is -2.38. The fourth-order valence-corrected chi connectivity index (χ4v) is 4.52. The molecule has 0 atom stereocenters. The number of benzene rings is 1. The van der Waals surface area contributed by atoms with Crippen LogP contribution in [0, 0.1) is 6.92 Å². The molecular formula is C23H32N4O3S. The quantitative estimate of drug-likeness (QED) is 0.372. The molecule has 1 amide bonds. The van der Waals surface area contributed by atoms with E-state index in [2.05, 4.69) is 34.0 Å². The van der Waals surface area contributed by atoms with Crippen LogP contribution in [0.15, 0.2) is 28.6 Å². The van der Waals surface area contributed by atoms with Gasteiger partial charge < -0.3 is 25.0 Å². The van der Waals surface area contributed by atoms with Crippen LogP contribution in [0.1, 0.15) is 34.4 Å². The number of methoxy groups -OCH3 is 2. The maximum Gasteiger partial charge on any atom is 0.222 e. The van der Waals surface area contributed by atoms with Crippen molar-refractivity contribution in [3.63, 3.8) is 0 Å². The average molecular weight is 445 g/mol. The van der Waals surface area contributed by atoms with E-state index in [1.807, 2.05) is 17.0 Å². The Morgan fingerprint density at radius 2 is 1.94 bits per heavy atom. The van der Waals surface area contributed by atoms with E-state index in [1.165, 1.54) is 16.0 Å². The lowest BCUT2D eigenvalue weighted by Gasteiger charge is -2.29. The highest BCUT2D eigenvalue weighted by molar-refractivity contribution is 7.10. The van der Waals surface area contributed by atoms with Crippen LogP contribution in [-0.4, -0.2) is 51.1 Å². The van der Waals surface area contributed by atoms with Crippen LogP contribution < -0.4 is 20.1 Å². The summed E-state index contributed by atoms with van der Waals surface area (Å²) in [5.74, 6) is 2.38. The summed E-state index contributed by atoms with van der Waals surface area (Å²) in [6.45, 7) is 4.91. The number of aliphatic imine (C=N–C) groups is 1. The van der Waals surface area contributed by atoms with Crippen molar-refractivity contribution in [2.24, 2.45) is 4.99 Å². The van der Waals surface area contributed by atoms with Gasteiger partial charge in [0.2, 0.25) is 5.91 Å². The molecular weight excluding hydrogens is 412 g/mol. The van der Waals surface area contributed by atoms with Gasteiger partial charge in [0.1, 0.15) is 0 Å². The van der Waals surface area contributed by atoms with E-state index in [4.69, 9.17) is 9.47 Å². The second-order valence-corrected chi connectivity index (χ2v) is 8.52. The molecule has 2 heterocycles. The topological polar surface area (TPSA) is 75.2 Å². The van der Waals surface area contributed by atoms with Crippen molar-refractivity contribution < 1.29 is 14.3 Å². The molecule has 2 aromatic rings. The number of hydrogen-bond donors (Lipinski definition) is 2. The number of thiophene rings is 1. The van der Waals surface area contributed by atoms with Crippen LogP contribution in [0.4, 0.5) is 0 Å². The van der Waals surface area contributed by atoms with Crippen molar-refractivity contribution >= 4 is 23.2 Å². The van der Waals surface area contributed by atoms with E-state index in [-0.39, 0.29) is 5.91 Å². The number of fused-ring (bicyclic) bond motifs is 1. The van der Waals surface area contributed by atoms with Gasteiger partial charge in [-0.15, -0.1) is 11.3 Å². The minimum Gasteiger partial charge on any atom is -0.493 e. The van der Waals surface area contributed by atoms with Gasteiger partial charge in [0.05, 0.1) is 20.8 Å². The predicted molar refractivity (Wildman–Crippen MR) is 125 cm³/mol. The maximum atomic E-state index is 12.7. The molecule has 7 nitrogen and oxygen atoms in total. The smallest absolute Gasteiger partial charge is 0.222 e. The normalized spacial score (nSPS) is 13.5. The zero-order chi connectivity index (χ0) is 22.2. The number of carbonyl (C=O) groups excluding carboxylic acids is 1. The SMILES string of the molecule is CN=C(NCCCC(=O)N1CCc2cc(OC)c(OC)cc2C1)NCc1sccc1C. The third kappa shape index (κ3) is 5.91. The predicted octanol–water partition coefficient (Wildman–Crippen LogP) is 3.10. The minimum absolute atomic E-state index is 0.180. The molecule has 3 rings (SSSR count). The molecule has 0 aliphatic carbocycles. The first-order valence-corrected chi connectivity index (χ1v) is 11.4. The Labute approximate surface area is 188 Å². The zero-order valence-electron chi connectivity index (χ0n) is 18.8. The Kier molecular flexibility index (Phi) is 8.17. The van der Waals surface area contributed by atoms with Crippen molar-refractivity contribution in [3.05, 3.63) is 45.1 Å². The highest BCUT2D eigenvalue weighted by Gasteiger charge is 2.22. The van der Waals surface area contributed by atoms with Gasteiger partial charge in [-0.2, -0.15) is 0 Å². The number of aryl methyl sites for hydroxylation is 1. The summed E-state index contributed by atoms with van der Waals surface area (Å²) in [5.41, 5.74) is 3.64. The number of guanidine groups is 1. The Balaban J connectivity index is 1.43. The third-order valence-corrected chi connectivity index (χ3v) is 6.56. The molecule has 0 fully saturated rings. The van der Waals surface area contributed by atoms with E-state index in [1.54, 1.807) is 32.6 Å². The zero-order valence-corrected chi connectivity index (χ0v) is 19.6. The average Bonchev–Trinajstić information content (AvgIpc) is 3.21. The molecule has 168 valence electrons. The summed E-state index contributed by atoms with van der Waals surface area (Å²) in [6, 6.07) is 6.13. The van der Waals surface area contributed by atoms with Gasteiger partial charge in [0, 0.05) is 38.0 Å². The molecule has 0 spiro atoms. The van der Waals surface area contributed by atoms with Crippen LogP contribution in [0.5, 0.6) is 11.5 Å². The van der Waals surface area contributed by atoms with Crippen LogP contribution >= 0.6 is 11.3 Å². The molecule has 1 aromatic carbocycles. The number of ether oxygens (including phenoxy) is 2. The molecule has 0 bridgehead atoms. The molecule has 1 aromatic heterocycles. The highest BCUT2D eigenvalue weighted by atomic mass is 32.1. The van der Waals surface area contributed by atoms with Crippen molar-refractivity contribution in [3.8, 4) is 11.5 Å². The summed E-state index contributed by atoms with van der Waals surface area (Å²) in [5, 5.41) is 8.72. The molecule has 2 N–H and O–H groups in total. The molecule has 0 saturated heterocycles. The van der Waals surface area contributed by atoms with Crippen LogP contribution in [0.3, 0.4) is 0 Å². The Hall–Kier alpha value is -2.74.